The van der Waals surface area contributed by atoms with E-state index in [9.17, 15) is 4.79 Å². The van der Waals surface area contributed by atoms with Gasteiger partial charge in [-0.25, -0.2) is 0 Å². The van der Waals surface area contributed by atoms with E-state index in [4.69, 9.17) is 0 Å². The first-order valence-electron chi connectivity index (χ1n) is 7.74. The number of hydrogen-bond acceptors (Lipinski definition) is 3. The fourth-order valence-corrected chi connectivity index (χ4v) is 2.93. The number of nitrogens with zero attached hydrogens (tertiary/aromatic N) is 2. The number of nitrogens with one attached hydrogen (secondary N) is 1. The summed E-state index contributed by atoms with van der Waals surface area (Å²) in [6, 6.07) is 19.1. The minimum absolute atomic E-state index is 0.129. The minimum atomic E-state index is -0.129. The summed E-state index contributed by atoms with van der Waals surface area (Å²) in [4.78, 5) is 24.1. The van der Waals surface area contributed by atoms with Crippen LogP contribution in [-0.4, -0.2) is 15.0 Å². The Kier molecular flexibility index (Phi) is 3.43. The standard InChI is InChI=1S/C20H15N3O/c1-13-6-4-10-18(22-13)20-15(8-5-11-21-20)16-12-19(24)23-17-9-3-2-7-14(16)17/h2-12H,1H3,(H,23,24). The Balaban J connectivity index is 2.04. The highest BCUT2D eigenvalue weighted by atomic mass is 16.1. The van der Waals surface area contributed by atoms with Crippen LogP contribution >= 0.6 is 0 Å². The molecule has 0 fully saturated rings. The average Bonchev–Trinajstić information content (AvgIpc) is 2.61. The molecular formula is C20H15N3O. The number of rotatable bonds is 2. The third kappa shape index (κ3) is 2.48. The van der Waals surface area contributed by atoms with E-state index in [2.05, 4.69) is 15.0 Å². The van der Waals surface area contributed by atoms with E-state index in [0.29, 0.717) is 0 Å². The maximum absolute atomic E-state index is 12.1. The number of aromatic amines is 1. The van der Waals surface area contributed by atoms with Crippen molar-refractivity contribution in [2.24, 2.45) is 0 Å². The summed E-state index contributed by atoms with van der Waals surface area (Å²) >= 11 is 0. The highest BCUT2D eigenvalue weighted by molar-refractivity contribution is 5.97. The molecule has 4 nitrogen and oxygen atoms in total. The molecule has 4 heteroatoms. The number of hydrogen-bond donors (Lipinski definition) is 1. The van der Waals surface area contributed by atoms with E-state index >= 15 is 0 Å². The molecule has 0 radical (unpaired) electrons. The number of aryl methyl sites for hydroxylation is 1. The number of para-hydroxylation sites is 1. The summed E-state index contributed by atoms with van der Waals surface area (Å²) in [5.41, 5.74) is 4.95. The summed E-state index contributed by atoms with van der Waals surface area (Å²) in [5, 5.41) is 0.985. The Morgan fingerprint density at radius 1 is 0.917 bits per heavy atom. The van der Waals surface area contributed by atoms with Crippen molar-refractivity contribution in [3.05, 3.63) is 82.9 Å². The molecule has 4 aromatic rings. The normalized spacial score (nSPS) is 10.9. The lowest BCUT2D eigenvalue weighted by molar-refractivity contribution is 1.18. The molecule has 0 saturated carbocycles. The predicted octanol–water partition coefficient (Wildman–Crippen LogP) is 3.96. The summed E-state index contributed by atoms with van der Waals surface area (Å²) in [7, 11) is 0. The molecule has 0 atom stereocenters. The first-order chi connectivity index (χ1) is 11.7. The van der Waals surface area contributed by atoms with Gasteiger partial charge in [0.1, 0.15) is 0 Å². The van der Waals surface area contributed by atoms with Crippen LogP contribution in [-0.2, 0) is 0 Å². The molecule has 0 spiro atoms. The third-order valence-corrected chi connectivity index (χ3v) is 3.98. The molecular weight excluding hydrogens is 298 g/mol. The van der Waals surface area contributed by atoms with Gasteiger partial charge in [-0.1, -0.05) is 30.3 Å². The Morgan fingerprint density at radius 2 is 1.79 bits per heavy atom. The van der Waals surface area contributed by atoms with Gasteiger partial charge < -0.3 is 4.98 Å². The Bertz CT molecular complexity index is 1100. The van der Waals surface area contributed by atoms with Crippen LogP contribution in [0.5, 0.6) is 0 Å². The lowest BCUT2D eigenvalue weighted by Gasteiger charge is -2.11. The van der Waals surface area contributed by atoms with Gasteiger partial charge in [0.05, 0.1) is 11.4 Å². The molecule has 3 heterocycles. The van der Waals surface area contributed by atoms with Crippen molar-refractivity contribution in [1.82, 2.24) is 15.0 Å². The van der Waals surface area contributed by atoms with Crippen LogP contribution in [0.3, 0.4) is 0 Å². The SMILES string of the molecule is Cc1cccc(-c2ncccc2-c2cc(=O)[nH]c3ccccc23)n1. The molecule has 0 aliphatic carbocycles. The first kappa shape index (κ1) is 14.3. The Labute approximate surface area is 138 Å². The van der Waals surface area contributed by atoms with Crippen LogP contribution in [0.4, 0.5) is 0 Å². The Morgan fingerprint density at radius 3 is 2.67 bits per heavy atom. The molecule has 0 saturated heterocycles. The van der Waals surface area contributed by atoms with Crippen molar-refractivity contribution in [1.29, 1.82) is 0 Å². The van der Waals surface area contributed by atoms with Crippen molar-refractivity contribution in [3.8, 4) is 22.5 Å². The van der Waals surface area contributed by atoms with Crippen molar-refractivity contribution in [2.45, 2.75) is 6.92 Å². The molecule has 1 N–H and O–H groups in total. The topological polar surface area (TPSA) is 58.6 Å². The molecule has 1 aromatic carbocycles. The van der Waals surface area contributed by atoms with Gasteiger partial charge in [0.25, 0.3) is 0 Å². The van der Waals surface area contributed by atoms with E-state index in [1.165, 1.54) is 0 Å². The molecule has 0 unspecified atom stereocenters. The second-order valence-electron chi connectivity index (χ2n) is 5.66. The molecule has 3 aromatic heterocycles. The molecule has 0 amide bonds. The fraction of sp³-hybridized carbons (Fsp3) is 0.0500. The van der Waals surface area contributed by atoms with Gasteiger partial charge in [0, 0.05) is 34.4 Å². The van der Waals surface area contributed by atoms with E-state index in [1.807, 2.05) is 61.5 Å². The zero-order valence-electron chi connectivity index (χ0n) is 13.2. The van der Waals surface area contributed by atoms with Crippen LogP contribution in [0.1, 0.15) is 5.69 Å². The third-order valence-electron chi connectivity index (χ3n) is 3.98. The number of benzene rings is 1. The second kappa shape index (κ2) is 5.74. The van der Waals surface area contributed by atoms with E-state index < -0.39 is 0 Å². The van der Waals surface area contributed by atoms with Gasteiger partial charge in [-0.3, -0.25) is 14.8 Å². The summed E-state index contributed by atoms with van der Waals surface area (Å²) in [6.07, 6.45) is 1.75. The largest absolute Gasteiger partial charge is 0.322 e. The van der Waals surface area contributed by atoms with Gasteiger partial charge >= 0.3 is 0 Å². The molecule has 0 bridgehead atoms. The van der Waals surface area contributed by atoms with E-state index in [-0.39, 0.29) is 5.56 Å². The average molecular weight is 313 g/mol. The van der Waals surface area contributed by atoms with Crippen LogP contribution in [0.25, 0.3) is 33.4 Å². The molecule has 4 rings (SSSR count). The highest BCUT2D eigenvalue weighted by Crippen LogP contribution is 2.32. The zero-order valence-corrected chi connectivity index (χ0v) is 13.2. The second-order valence-corrected chi connectivity index (χ2v) is 5.66. The minimum Gasteiger partial charge on any atom is -0.322 e. The van der Waals surface area contributed by atoms with Gasteiger partial charge in [0.15, 0.2) is 0 Å². The molecule has 0 aliphatic rings. The number of pyridine rings is 3. The summed E-state index contributed by atoms with van der Waals surface area (Å²) in [5.74, 6) is 0. The van der Waals surface area contributed by atoms with E-state index in [1.54, 1.807) is 12.3 Å². The summed E-state index contributed by atoms with van der Waals surface area (Å²) < 4.78 is 0. The van der Waals surface area contributed by atoms with Crippen molar-refractivity contribution in [3.63, 3.8) is 0 Å². The van der Waals surface area contributed by atoms with Gasteiger partial charge in [0.2, 0.25) is 5.56 Å². The van der Waals surface area contributed by atoms with Crippen LogP contribution in [0.2, 0.25) is 0 Å². The zero-order chi connectivity index (χ0) is 16.5. The van der Waals surface area contributed by atoms with Crippen molar-refractivity contribution < 1.29 is 0 Å². The van der Waals surface area contributed by atoms with Crippen LogP contribution in [0.15, 0.2) is 71.7 Å². The van der Waals surface area contributed by atoms with Gasteiger partial charge in [-0.15, -0.1) is 0 Å². The maximum Gasteiger partial charge on any atom is 0.249 e. The number of H-pyrrole nitrogens is 1. The molecule has 116 valence electrons. The van der Waals surface area contributed by atoms with Crippen LogP contribution in [0, 0.1) is 6.92 Å². The quantitative estimate of drug-likeness (QED) is 0.609. The predicted molar refractivity (Wildman–Crippen MR) is 95.8 cm³/mol. The number of fused-ring (bicyclic) bond motifs is 1. The first-order valence-corrected chi connectivity index (χ1v) is 7.74. The lowest BCUT2D eigenvalue weighted by Crippen LogP contribution is -2.05. The van der Waals surface area contributed by atoms with Crippen LogP contribution < -0.4 is 5.56 Å². The van der Waals surface area contributed by atoms with E-state index in [0.717, 1.165) is 39.1 Å². The van der Waals surface area contributed by atoms with Gasteiger partial charge in [-0.2, -0.15) is 0 Å². The van der Waals surface area contributed by atoms with Gasteiger partial charge in [-0.05, 0) is 36.8 Å². The van der Waals surface area contributed by atoms with Crippen molar-refractivity contribution >= 4 is 10.9 Å². The monoisotopic (exact) mass is 313 g/mol. The number of aromatic nitrogens is 3. The molecule has 0 aliphatic heterocycles. The maximum atomic E-state index is 12.1. The Hall–Kier alpha value is -3.27. The molecule has 24 heavy (non-hydrogen) atoms. The van der Waals surface area contributed by atoms with Crippen molar-refractivity contribution in [2.75, 3.05) is 0 Å². The highest BCUT2D eigenvalue weighted by Gasteiger charge is 2.13. The fourth-order valence-electron chi connectivity index (χ4n) is 2.93. The lowest BCUT2D eigenvalue weighted by atomic mass is 9.98. The smallest absolute Gasteiger partial charge is 0.249 e. The summed E-state index contributed by atoms with van der Waals surface area (Å²) in [6.45, 7) is 1.95.